The molecule has 0 radical (unpaired) electrons. The first kappa shape index (κ1) is 12.5. The molecule has 1 aromatic carbocycles. The maximum absolute atomic E-state index is 11.7. The number of nitrogens with one attached hydrogen (secondary N) is 1. The highest BCUT2D eigenvalue weighted by molar-refractivity contribution is 5.79. The van der Waals surface area contributed by atoms with Gasteiger partial charge in [-0.3, -0.25) is 4.79 Å². The van der Waals surface area contributed by atoms with Crippen LogP contribution in [-0.2, 0) is 11.2 Å². The van der Waals surface area contributed by atoms with E-state index in [0.717, 1.165) is 22.6 Å². The molecule has 1 aromatic rings. The number of fused-ring (bicyclic) bond motifs is 1. The van der Waals surface area contributed by atoms with Crippen LogP contribution in [0.4, 0.5) is 0 Å². The van der Waals surface area contributed by atoms with Crippen molar-refractivity contribution in [3.05, 3.63) is 35.9 Å². The third kappa shape index (κ3) is 2.83. The van der Waals surface area contributed by atoms with Gasteiger partial charge < -0.3 is 14.8 Å². The summed E-state index contributed by atoms with van der Waals surface area (Å²) in [5.74, 6) is 1.46. The number of hydrogen-bond acceptors (Lipinski definition) is 3. The monoisotopic (exact) mass is 247 g/mol. The molecule has 2 rings (SSSR count). The van der Waals surface area contributed by atoms with Crippen LogP contribution in [-0.4, -0.2) is 25.7 Å². The molecule has 0 saturated heterocycles. The standard InChI is InChI=1S/C14H17NO3/c1-3-4-15-14(16)9-11-8-13-12(7-10(11)2)17-5-6-18-13/h3,7-8H,1,4-6,9H2,2H3,(H,15,16). The molecule has 1 N–H and O–H groups in total. The van der Waals surface area contributed by atoms with Crippen molar-refractivity contribution in [1.82, 2.24) is 5.32 Å². The lowest BCUT2D eigenvalue weighted by Crippen LogP contribution is -2.25. The fraction of sp³-hybridized carbons (Fsp3) is 0.357. The van der Waals surface area contributed by atoms with Crippen LogP contribution in [0.5, 0.6) is 11.5 Å². The number of benzene rings is 1. The van der Waals surface area contributed by atoms with Gasteiger partial charge in [-0.15, -0.1) is 6.58 Å². The number of amides is 1. The second kappa shape index (κ2) is 5.58. The molecule has 0 aliphatic carbocycles. The van der Waals surface area contributed by atoms with Crippen LogP contribution in [0.15, 0.2) is 24.8 Å². The second-order valence-electron chi connectivity index (χ2n) is 4.19. The minimum atomic E-state index is -0.0188. The Labute approximate surface area is 107 Å². The average Bonchev–Trinajstić information content (AvgIpc) is 2.37. The maximum Gasteiger partial charge on any atom is 0.224 e. The molecule has 0 unspecified atom stereocenters. The number of rotatable bonds is 4. The van der Waals surface area contributed by atoms with E-state index in [2.05, 4.69) is 11.9 Å². The van der Waals surface area contributed by atoms with Crippen LogP contribution in [0, 0.1) is 6.92 Å². The van der Waals surface area contributed by atoms with Crippen molar-refractivity contribution in [2.45, 2.75) is 13.3 Å². The van der Waals surface area contributed by atoms with Crippen molar-refractivity contribution in [1.29, 1.82) is 0 Å². The van der Waals surface area contributed by atoms with Gasteiger partial charge in [0.05, 0.1) is 6.42 Å². The first-order chi connectivity index (χ1) is 8.70. The van der Waals surface area contributed by atoms with E-state index in [4.69, 9.17) is 9.47 Å². The van der Waals surface area contributed by atoms with E-state index < -0.39 is 0 Å². The summed E-state index contributed by atoms with van der Waals surface area (Å²) >= 11 is 0. The number of aryl methyl sites for hydroxylation is 1. The number of ether oxygens (including phenoxy) is 2. The summed E-state index contributed by atoms with van der Waals surface area (Å²) in [7, 11) is 0. The van der Waals surface area contributed by atoms with Crippen LogP contribution in [0.25, 0.3) is 0 Å². The highest BCUT2D eigenvalue weighted by Gasteiger charge is 2.15. The summed E-state index contributed by atoms with van der Waals surface area (Å²) in [6.07, 6.45) is 2.00. The average molecular weight is 247 g/mol. The zero-order chi connectivity index (χ0) is 13.0. The van der Waals surface area contributed by atoms with Crippen molar-refractivity contribution in [3.63, 3.8) is 0 Å². The number of carbonyl (C=O) groups is 1. The van der Waals surface area contributed by atoms with Crippen LogP contribution in [0.1, 0.15) is 11.1 Å². The molecule has 0 spiro atoms. The van der Waals surface area contributed by atoms with E-state index >= 15 is 0 Å². The van der Waals surface area contributed by atoms with Crippen LogP contribution >= 0.6 is 0 Å². The Kier molecular flexibility index (Phi) is 3.87. The molecule has 0 atom stereocenters. The molecule has 1 amide bonds. The van der Waals surface area contributed by atoms with Gasteiger partial charge in [-0.05, 0) is 30.2 Å². The Balaban J connectivity index is 2.12. The molecule has 96 valence electrons. The molecule has 0 bridgehead atoms. The van der Waals surface area contributed by atoms with Gasteiger partial charge in [-0.25, -0.2) is 0 Å². The minimum Gasteiger partial charge on any atom is -0.486 e. The summed E-state index contributed by atoms with van der Waals surface area (Å²) in [5, 5.41) is 2.76. The van der Waals surface area contributed by atoms with Crippen LogP contribution in [0.2, 0.25) is 0 Å². The van der Waals surface area contributed by atoms with Crippen molar-refractivity contribution < 1.29 is 14.3 Å². The number of hydrogen-bond donors (Lipinski definition) is 1. The summed E-state index contributed by atoms with van der Waals surface area (Å²) < 4.78 is 11.0. The summed E-state index contributed by atoms with van der Waals surface area (Å²) in [5.41, 5.74) is 1.99. The Morgan fingerprint density at radius 2 is 2.06 bits per heavy atom. The Bertz CT molecular complexity index is 468. The molecular formula is C14H17NO3. The zero-order valence-electron chi connectivity index (χ0n) is 10.5. The van der Waals surface area contributed by atoms with Gasteiger partial charge in [0.25, 0.3) is 0 Å². The molecule has 0 fully saturated rings. The van der Waals surface area contributed by atoms with Gasteiger partial charge in [0.15, 0.2) is 11.5 Å². The smallest absolute Gasteiger partial charge is 0.224 e. The third-order valence-corrected chi connectivity index (χ3v) is 2.80. The molecule has 1 aliphatic heterocycles. The SMILES string of the molecule is C=CCNC(=O)Cc1cc2c(cc1C)OCCO2. The first-order valence-corrected chi connectivity index (χ1v) is 5.97. The van der Waals surface area contributed by atoms with Gasteiger partial charge >= 0.3 is 0 Å². The van der Waals surface area contributed by atoms with E-state index in [1.165, 1.54) is 0 Å². The lowest BCUT2D eigenvalue weighted by molar-refractivity contribution is -0.120. The minimum absolute atomic E-state index is 0.0188. The highest BCUT2D eigenvalue weighted by atomic mass is 16.6. The van der Waals surface area contributed by atoms with Crippen molar-refractivity contribution in [2.75, 3.05) is 19.8 Å². The van der Waals surface area contributed by atoms with Crippen molar-refractivity contribution >= 4 is 5.91 Å². The summed E-state index contributed by atoms with van der Waals surface area (Å²) in [6, 6.07) is 3.81. The van der Waals surface area contributed by atoms with E-state index in [-0.39, 0.29) is 5.91 Å². The maximum atomic E-state index is 11.7. The topological polar surface area (TPSA) is 47.6 Å². The predicted molar refractivity (Wildman–Crippen MR) is 69.1 cm³/mol. The molecule has 0 saturated carbocycles. The molecular weight excluding hydrogens is 230 g/mol. The summed E-state index contributed by atoms with van der Waals surface area (Å²) in [6.45, 7) is 7.15. The quantitative estimate of drug-likeness (QED) is 0.822. The Hall–Kier alpha value is -1.97. The first-order valence-electron chi connectivity index (χ1n) is 5.97. The third-order valence-electron chi connectivity index (χ3n) is 2.80. The van der Waals surface area contributed by atoms with E-state index in [0.29, 0.717) is 26.2 Å². The Morgan fingerprint density at radius 1 is 1.39 bits per heavy atom. The van der Waals surface area contributed by atoms with Crippen LogP contribution in [0.3, 0.4) is 0 Å². The second-order valence-corrected chi connectivity index (χ2v) is 4.19. The van der Waals surface area contributed by atoms with E-state index in [1.54, 1.807) is 6.08 Å². The Morgan fingerprint density at radius 3 is 2.72 bits per heavy atom. The fourth-order valence-electron chi connectivity index (χ4n) is 1.84. The highest BCUT2D eigenvalue weighted by Crippen LogP contribution is 2.33. The van der Waals surface area contributed by atoms with Gasteiger partial charge in [0.1, 0.15) is 13.2 Å². The normalized spacial score (nSPS) is 12.9. The molecule has 4 nitrogen and oxygen atoms in total. The van der Waals surface area contributed by atoms with Gasteiger partial charge in [0.2, 0.25) is 5.91 Å². The molecule has 1 aliphatic rings. The van der Waals surface area contributed by atoms with Crippen LogP contribution < -0.4 is 14.8 Å². The van der Waals surface area contributed by atoms with Gasteiger partial charge in [0, 0.05) is 6.54 Å². The molecule has 4 heteroatoms. The van der Waals surface area contributed by atoms with E-state index in [1.807, 2.05) is 19.1 Å². The molecule has 18 heavy (non-hydrogen) atoms. The van der Waals surface area contributed by atoms with Crippen molar-refractivity contribution in [2.24, 2.45) is 0 Å². The molecule has 1 heterocycles. The van der Waals surface area contributed by atoms with E-state index in [9.17, 15) is 4.79 Å². The molecule has 0 aromatic heterocycles. The predicted octanol–water partition coefficient (Wildman–Crippen LogP) is 1.61. The van der Waals surface area contributed by atoms with Gasteiger partial charge in [-0.2, -0.15) is 0 Å². The lowest BCUT2D eigenvalue weighted by Gasteiger charge is -2.20. The van der Waals surface area contributed by atoms with Gasteiger partial charge in [-0.1, -0.05) is 6.08 Å². The zero-order valence-corrected chi connectivity index (χ0v) is 10.5. The lowest BCUT2D eigenvalue weighted by atomic mass is 10.0. The largest absolute Gasteiger partial charge is 0.486 e. The number of carbonyl (C=O) groups excluding carboxylic acids is 1. The van der Waals surface area contributed by atoms with Crippen molar-refractivity contribution in [3.8, 4) is 11.5 Å². The fourth-order valence-corrected chi connectivity index (χ4v) is 1.84. The summed E-state index contributed by atoms with van der Waals surface area (Å²) in [4.78, 5) is 11.7.